The first-order valence-electron chi connectivity index (χ1n) is 14.9. The number of aliphatic imine (C=N–C) groups is 1. The topological polar surface area (TPSA) is 88.4 Å². The van der Waals surface area contributed by atoms with Crippen LogP contribution >= 0.6 is 19.5 Å². The Morgan fingerprint density at radius 2 is 1.38 bits per heavy atom. The van der Waals surface area contributed by atoms with Crippen molar-refractivity contribution in [2.24, 2.45) is 4.99 Å². The van der Waals surface area contributed by atoms with E-state index in [0.717, 1.165) is 5.30 Å². The molecule has 2 aliphatic heterocycles. The standard InChI is InChI=1S/C39H25ClNO5P/c40-32-22-31-37(45-34-21-24(42)19-20-30(34)39(31)29-16-8-7-15-27(29)38(44)46-39)28(36(32)43)23-41-33-17-9-10-18-35(33)47(25-11-3-1-4-12-25)26-13-5-2-6-14-26/h1-23,42-43H. The SMILES string of the molecule is O=C1OC2(c3ccc(O)cc3Oc3c2cc(Cl)c(O)c3C=Nc2ccccc2P(c2ccccc2)c2ccccc2)c2ccccc21. The lowest BCUT2D eigenvalue weighted by Gasteiger charge is -2.37. The van der Waals surface area contributed by atoms with Crippen LogP contribution in [0.4, 0.5) is 5.69 Å². The zero-order valence-electron chi connectivity index (χ0n) is 24.7. The maximum Gasteiger partial charge on any atom is 0.340 e. The zero-order chi connectivity index (χ0) is 32.1. The molecule has 1 unspecified atom stereocenters. The second-order valence-corrected chi connectivity index (χ2v) is 13.7. The molecule has 228 valence electrons. The molecule has 0 aliphatic carbocycles. The number of hydrogen-bond donors (Lipinski definition) is 2. The van der Waals surface area contributed by atoms with Gasteiger partial charge in [0.2, 0.25) is 0 Å². The van der Waals surface area contributed by atoms with Gasteiger partial charge < -0.3 is 19.7 Å². The van der Waals surface area contributed by atoms with Gasteiger partial charge in [0, 0.05) is 28.7 Å². The van der Waals surface area contributed by atoms with Crippen LogP contribution in [0.1, 0.15) is 32.6 Å². The van der Waals surface area contributed by atoms with Gasteiger partial charge in [0.15, 0.2) is 5.60 Å². The number of carbonyl (C=O) groups is 1. The number of ether oxygens (including phenoxy) is 2. The average Bonchev–Trinajstić information content (AvgIpc) is 3.39. The monoisotopic (exact) mass is 653 g/mol. The Kier molecular flexibility index (Phi) is 7.06. The number of phenolic OH excluding ortho intramolecular Hbond substituents is 2. The van der Waals surface area contributed by atoms with E-state index in [4.69, 9.17) is 26.1 Å². The second-order valence-electron chi connectivity index (χ2n) is 11.1. The zero-order valence-corrected chi connectivity index (χ0v) is 26.3. The van der Waals surface area contributed by atoms with E-state index in [1.807, 2.05) is 66.7 Å². The van der Waals surface area contributed by atoms with Gasteiger partial charge in [0.05, 0.1) is 27.4 Å². The van der Waals surface area contributed by atoms with Crippen LogP contribution < -0.4 is 20.7 Å². The number of fused-ring (bicyclic) bond motifs is 6. The Morgan fingerprint density at radius 3 is 2.13 bits per heavy atom. The van der Waals surface area contributed by atoms with Crippen LogP contribution in [0.15, 0.2) is 138 Å². The number of aromatic hydroxyl groups is 2. The fraction of sp³-hybridized carbons (Fsp3) is 0.0256. The Labute approximate surface area is 276 Å². The summed E-state index contributed by atoms with van der Waals surface area (Å²) in [7, 11) is -0.974. The van der Waals surface area contributed by atoms with E-state index in [1.54, 1.807) is 24.3 Å². The van der Waals surface area contributed by atoms with E-state index < -0.39 is 19.5 Å². The van der Waals surface area contributed by atoms with E-state index >= 15 is 0 Å². The third-order valence-corrected chi connectivity index (χ3v) is 11.2. The van der Waals surface area contributed by atoms with Crippen molar-refractivity contribution in [3.8, 4) is 23.0 Å². The number of carbonyl (C=O) groups excluding carboxylic acids is 1. The minimum atomic E-state index is -1.43. The van der Waals surface area contributed by atoms with Gasteiger partial charge in [0.25, 0.3) is 0 Å². The number of hydrogen-bond acceptors (Lipinski definition) is 6. The maximum atomic E-state index is 13.3. The molecule has 8 rings (SSSR count). The summed E-state index contributed by atoms with van der Waals surface area (Å²) in [6.45, 7) is 0. The van der Waals surface area contributed by atoms with E-state index in [9.17, 15) is 15.0 Å². The van der Waals surface area contributed by atoms with Crippen LogP contribution in [0.25, 0.3) is 0 Å². The summed E-state index contributed by atoms with van der Waals surface area (Å²) in [5.41, 5.74) is 1.45. The van der Waals surface area contributed by atoms with Gasteiger partial charge in [-0.15, -0.1) is 0 Å². The molecule has 2 N–H and O–H groups in total. The lowest BCUT2D eigenvalue weighted by Crippen LogP contribution is -2.33. The number of rotatable bonds is 5. The lowest BCUT2D eigenvalue weighted by molar-refractivity contribution is 0.0224. The summed E-state index contributed by atoms with van der Waals surface area (Å²) in [4.78, 5) is 18.2. The summed E-state index contributed by atoms with van der Waals surface area (Å²) < 4.78 is 12.6. The largest absolute Gasteiger partial charge is 0.508 e. The molecule has 0 amide bonds. The summed E-state index contributed by atoms with van der Waals surface area (Å²) in [6.07, 6.45) is 1.53. The molecule has 6 nitrogen and oxygen atoms in total. The fourth-order valence-corrected chi connectivity index (χ4v) is 8.97. The lowest BCUT2D eigenvalue weighted by atomic mass is 9.77. The number of esters is 1. The number of para-hydroxylation sites is 1. The van der Waals surface area contributed by atoms with Crippen LogP contribution in [0.3, 0.4) is 0 Å². The number of phenols is 2. The summed E-state index contributed by atoms with van der Waals surface area (Å²) in [5.74, 6) is -0.288. The van der Waals surface area contributed by atoms with Crippen molar-refractivity contribution in [2.45, 2.75) is 5.60 Å². The van der Waals surface area contributed by atoms with Gasteiger partial charge in [0.1, 0.15) is 23.0 Å². The highest BCUT2D eigenvalue weighted by molar-refractivity contribution is 7.80. The minimum Gasteiger partial charge on any atom is -0.508 e. The Balaban J connectivity index is 1.32. The molecule has 0 fully saturated rings. The first-order chi connectivity index (χ1) is 23.0. The molecule has 0 aromatic heterocycles. The highest BCUT2D eigenvalue weighted by Gasteiger charge is 2.54. The van der Waals surface area contributed by atoms with Crippen LogP contribution in [-0.2, 0) is 10.3 Å². The number of nitrogens with zero attached hydrogens (tertiary/aromatic N) is 1. The van der Waals surface area contributed by atoms with E-state index in [1.165, 1.54) is 29.0 Å². The van der Waals surface area contributed by atoms with E-state index in [0.29, 0.717) is 27.9 Å². The third kappa shape index (κ3) is 4.68. The van der Waals surface area contributed by atoms with Crippen LogP contribution in [0.5, 0.6) is 23.0 Å². The average molecular weight is 654 g/mol. The van der Waals surface area contributed by atoms with Crippen LogP contribution in [0.2, 0.25) is 5.02 Å². The molecule has 8 heteroatoms. The molecular formula is C39H25ClNO5P. The number of benzene rings is 6. The van der Waals surface area contributed by atoms with Gasteiger partial charge in [-0.1, -0.05) is 109 Å². The van der Waals surface area contributed by atoms with Crippen molar-refractivity contribution in [1.29, 1.82) is 0 Å². The molecule has 2 heterocycles. The Bertz CT molecular complexity index is 2180. The molecule has 6 aromatic carbocycles. The molecule has 47 heavy (non-hydrogen) atoms. The van der Waals surface area contributed by atoms with Crippen LogP contribution in [0, 0.1) is 0 Å². The maximum absolute atomic E-state index is 13.3. The van der Waals surface area contributed by atoms with Crippen molar-refractivity contribution >= 4 is 53.3 Å². The van der Waals surface area contributed by atoms with Gasteiger partial charge in [-0.25, -0.2) is 4.79 Å². The molecular weight excluding hydrogens is 629 g/mol. The van der Waals surface area contributed by atoms with Gasteiger partial charge in [-0.05, 0) is 48.9 Å². The molecule has 2 aliphatic rings. The predicted octanol–water partition coefficient (Wildman–Crippen LogP) is 7.83. The smallest absolute Gasteiger partial charge is 0.340 e. The summed E-state index contributed by atoms with van der Waals surface area (Å²) >= 11 is 6.71. The van der Waals surface area contributed by atoms with Crippen molar-refractivity contribution in [3.63, 3.8) is 0 Å². The van der Waals surface area contributed by atoms with Crippen molar-refractivity contribution in [2.75, 3.05) is 0 Å². The molecule has 1 atom stereocenters. The summed E-state index contributed by atoms with van der Waals surface area (Å²) in [5, 5.41) is 25.2. The highest BCUT2D eigenvalue weighted by atomic mass is 35.5. The minimum absolute atomic E-state index is 0.0301. The van der Waals surface area contributed by atoms with Crippen molar-refractivity contribution < 1.29 is 24.5 Å². The first kappa shape index (κ1) is 29.0. The van der Waals surface area contributed by atoms with Crippen molar-refractivity contribution in [1.82, 2.24) is 0 Å². The molecule has 0 saturated heterocycles. The molecule has 0 saturated carbocycles. The second kappa shape index (κ2) is 11.4. The quantitative estimate of drug-likeness (QED) is 0.113. The van der Waals surface area contributed by atoms with Gasteiger partial charge in [-0.3, -0.25) is 4.99 Å². The van der Waals surface area contributed by atoms with E-state index in [2.05, 4.69) is 30.3 Å². The predicted molar refractivity (Wildman–Crippen MR) is 185 cm³/mol. The molecule has 1 spiro atoms. The van der Waals surface area contributed by atoms with Gasteiger partial charge in [-0.2, -0.15) is 0 Å². The highest BCUT2D eigenvalue weighted by Crippen LogP contribution is 2.59. The van der Waals surface area contributed by atoms with E-state index in [-0.39, 0.29) is 33.6 Å². The fourth-order valence-electron chi connectivity index (χ4n) is 6.37. The third-order valence-electron chi connectivity index (χ3n) is 8.43. The molecule has 0 bridgehead atoms. The Morgan fingerprint density at radius 1 is 0.723 bits per heavy atom. The summed E-state index contributed by atoms with van der Waals surface area (Å²) in [6, 6.07) is 41.9. The molecule has 0 radical (unpaired) electrons. The molecule has 6 aromatic rings. The van der Waals surface area contributed by atoms with Crippen molar-refractivity contribution in [3.05, 3.63) is 166 Å². The normalized spacial score (nSPS) is 16.1. The van der Waals surface area contributed by atoms with Crippen LogP contribution in [-0.4, -0.2) is 22.4 Å². The Hall–Kier alpha value is -5.42. The first-order valence-corrected chi connectivity index (χ1v) is 16.6. The number of halogens is 1. The van der Waals surface area contributed by atoms with Gasteiger partial charge >= 0.3 is 5.97 Å².